The molecule has 2 unspecified atom stereocenters. The number of ether oxygens (including phenoxy) is 4. The van der Waals surface area contributed by atoms with Crippen molar-refractivity contribution in [3.8, 4) is 0 Å². The summed E-state index contributed by atoms with van der Waals surface area (Å²) in [5.74, 6) is -2.17. The number of phosphoric ester groups is 2. The van der Waals surface area contributed by atoms with E-state index in [0.29, 0.717) is 25.7 Å². The van der Waals surface area contributed by atoms with Gasteiger partial charge >= 0.3 is 39.5 Å². The van der Waals surface area contributed by atoms with Crippen molar-refractivity contribution >= 4 is 39.5 Å². The zero-order valence-electron chi connectivity index (χ0n) is 64.1. The Kier molecular flexibility index (Phi) is 72.1. The van der Waals surface area contributed by atoms with Gasteiger partial charge in [-0.05, 0) is 109 Å². The summed E-state index contributed by atoms with van der Waals surface area (Å²) in [6.07, 6.45) is 72.2. The summed E-state index contributed by atoms with van der Waals surface area (Å²) < 4.78 is 68.6. The highest BCUT2D eigenvalue weighted by molar-refractivity contribution is 7.47. The standard InChI is InChI=1S/C81H150O17P2/c1-5-9-13-17-21-25-29-33-37-41-45-49-53-57-61-65-78(83)91-71-76(97-80(85)67-63-59-55-51-47-43-39-35-31-27-23-19-15-11-7-3)73-95-99(87,88)93-69-75(82)70-94-100(89,90)96-74-77(98-81(86)68-64-60-56-52-48-44-40-36-32-28-24-20-16-12-8-4)72-92-79(84)66-62-58-54-50-46-42-38-34-30-26-22-18-14-10-6-2/h21,25,33,35-37,39-40,75-77,82H,5-20,22-24,26-32,34,38,41-74H2,1-4H3,(H,87,88)(H,89,90)/b25-21-,37-33-,39-35-,40-36-/t75-,76+,77+/m0/s1. The van der Waals surface area contributed by atoms with Gasteiger partial charge in [0.05, 0.1) is 26.4 Å². The summed E-state index contributed by atoms with van der Waals surface area (Å²) in [6.45, 7) is 4.90. The molecule has 0 aromatic carbocycles. The van der Waals surface area contributed by atoms with Gasteiger partial charge in [-0.2, -0.15) is 0 Å². The van der Waals surface area contributed by atoms with Gasteiger partial charge < -0.3 is 33.8 Å². The van der Waals surface area contributed by atoms with Crippen LogP contribution in [0, 0.1) is 0 Å². The zero-order valence-corrected chi connectivity index (χ0v) is 65.9. The van der Waals surface area contributed by atoms with Crippen molar-refractivity contribution < 1.29 is 80.2 Å². The van der Waals surface area contributed by atoms with Gasteiger partial charge in [0, 0.05) is 25.7 Å². The number of carbonyl (C=O) groups is 4. The largest absolute Gasteiger partial charge is 0.472 e. The topological polar surface area (TPSA) is 237 Å². The maximum absolute atomic E-state index is 13.1. The Balaban J connectivity index is 5.34. The molecule has 0 spiro atoms. The number of hydrogen-bond donors (Lipinski definition) is 3. The fraction of sp³-hybridized carbons (Fsp3) is 0.852. The van der Waals surface area contributed by atoms with Gasteiger partial charge in [0.1, 0.15) is 19.3 Å². The van der Waals surface area contributed by atoms with Crippen molar-refractivity contribution in [1.82, 2.24) is 0 Å². The SMILES string of the molecule is CCCCC/C=C\C/C=C\CCCCCCCC(=O)OC[C@H](COP(=O)(O)OC[C@H](O)COP(=O)(O)OC[C@@H](COC(=O)CCCCCCCCCCCCCCCCC)OC(=O)CCCCCCC/C=C\CCCCCCCC)OC(=O)CCCCCCC/C=C\CCCCCCCC. The van der Waals surface area contributed by atoms with E-state index in [0.717, 1.165) is 141 Å². The third kappa shape index (κ3) is 73.3. The summed E-state index contributed by atoms with van der Waals surface area (Å²) >= 11 is 0. The Morgan fingerprint density at radius 2 is 0.490 bits per heavy atom. The third-order valence-corrected chi connectivity index (χ3v) is 19.7. The van der Waals surface area contributed by atoms with E-state index in [4.69, 9.17) is 37.0 Å². The van der Waals surface area contributed by atoms with Crippen LogP contribution in [-0.2, 0) is 65.4 Å². The lowest BCUT2D eigenvalue weighted by Gasteiger charge is -2.21. The first kappa shape index (κ1) is 97.0. The predicted molar refractivity (Wildman–Crippen MR) is 409 cm³/mol. The smallest absolute Gasteiger partial charge is 0.462 e. The Bertz CT molecular complexity index is 2080. The number of carbonyl (C=O) groups excluding carboxylic acids is 4. The molecule has 5 atom stereocenters. The normalized spacial score (nSPS) is 14.1. The van der Waals surface area contributed by atoms with Crippen LogP contribution in [0.15, 0.2) is 48.6 Å². The van der Waals surface area contributed by atoms with E-state index in [1.165, 1.54) is 167 Å². The molecule has 0 rings (SSSR count). The molecule has 3 N–H and O–H groups in total. The summed E-state index contributed by atoms with van der Waals surface area (Å²) in [7, 11) is -9.94. The average Bonchev–Trinajstić information content (AvgIpc) is 1.01. The van der Waals surface area contributed by atoms with Gasteiger partial charge in [0.25, 0.3) is 0 Å². The molecule has 100 heavy (non-hydrogen) atoms. The maximum atomic E-state index is 13.1. The van der Waals surface area contributed by atoms with Gasteiger partial charge in [0.15, 0.2) is 12.2 Å². The van der Waals surface area contributed by atoms with Gasteiger partial charge in [0.2, 0.25) is 0 Å². The molecule has 0 aliphatic carbocycles. The average molecular weight is 1460 g/mol. The number of rotatable bonds is 78. The molecule has 0 fully saturated rings. The first-order valence-electron chi connectivity index (χ1n) is 40.9. The van der Waals surface area contributed by atoms with Crippen LogP contribution >= 0.6 is 15.6 Å². The number of unbranched alkanes of at least 4 members (excludes halogenated alkanes) is 44. The van der Waals surface area contributed by atoms with Crippen LogP contribution in [0.5, 0.6) is 0 Å². The monoisotopic (exact) mass is 1460 g/mol. The lowest BCUT2D eigenvalue weighted by atomic mass is 10.0. The minimum atomic E-state index is -4.97. The second-order valence-corrected chi connectivity index (χ2v) is 30.6. The van der Waals surface area contributed by atoms with Gasteiger partial charge in [-0.25, -0.2) is 9.13 Å². The van der Waals surface area contributed by atoms with E-state index in [1.807, 2.05) is 0 Å². The predicted octanol–water partition coefficient (Wildman–Crippen LogP) is 23.7. The molecule has 0 bridgehead atoms. The maximum Gasteiger partial charge on any atom is 0.472 e. The van der Waals surface area contributed by atoms with Crippen molar-refractivity contribution in [2.75, 3.05) is 39.6 Å². The van der Waals surface area contributed by atoms with Crippen LogP contribution in [0.3, 0.4) is 0 Å². The molecule has 0 aromatic rings. The second kappa shape index (κ2) is 74.3. The Hall–Kier alpha value is -2.98. The van der Waals surface area contributed by atoms with Gasteiger partial charge in [-0.15, -0.1) is 0 Å². The van der Waals surface area contributed by atoms with Crippen molar-refractivity contribution in [2.45, 2.75) is 406 Å². The number of hydrogen-bond acceptors (Lipinski definition) is 15. The number of esters is 4. The summed E-state index contributed by atoms with van der Waals surface area (Å²) in [5, 5.41) is 10.6. The molecule has 0 amide bonds. The van der Waals surface area contributed by atoms with E-state index >= 15 is 0 Å². The molecule has 0 aliphatic heterocycles. The Labute approximate surface area is 610 Å². The van der Waals surface area contributed by atoms with E-state index in [1.54, 1.807) is 0 Å². The van der Waals surface area contributed by atoms with Gasteiger partial charge in [-0.3, -0.25) is 37.3 Å². The van der Waals surface area contributed by atoms with Crippen LogP contribution in [0.25, 0.3) is 0 Å². The minimum Gasteiger partial charge on any atom is -0.462 e. The number of phosphoric acid groups is 2. The molecule has 0 aromatic heterocycles. The number of allylic oxidation sites excluding steroid dienone is 8. The molecular formula is C81H150O17P2. The molecular weight excluding hydrogens is 1310 g/mol. The van der Waals surface area contributed by atoms with Crippen molar-refractivity contribution in [3.05, 3.63) is 48.6 Å². The van der Waals surface area contributed by atoms with Crippen molar-refractivity contribution in [1.29, 1.82) is 0 Å². The number of aliphatic hydroxyl groups excluding tert-OH is 1. The van der Waals surface area contributed by atoms with E-state index in [-0.39, 0.29) is 25.7 Å². The van der Waals surface area contributed by atoms with Gasteiger partial charge in [-0.1, -0.05) is 301 Å². The second-order valence-electron chi connectivity index (χ2n) is 27.7. The van der Waals surface area contributed by atoms with Crippen LogP contribution in [0.4, 0.5) is 0 Å². The molecule has 586 valence electrons. The Morgan fingerprint density at radius 3 is 0.770 bits per heavy atom. The summed E-state index contributed by atoms with van der Waals surface area (Å²) in [5.41, 5.74) is 0. The fourth-order valence-electron chi connectivity index (χ4n) is 11.5. The van der Waals surface area contributed by atoms with E-state index in [2.05, 4.69) is 76.3 Å². The molecule has 0 radical (unpaired) electrons. The first-order chi connectivity index (χ1) is 48.7. The van der Waals surface area contributed by atoms with E-state index < -0.39 is 97.5 Å². The highest BCUT2D eigenvalue weighted by atomic mass is 31.2. The highest BCUT2D eigenvalue weighted by Gasteiger charge is 2.30. The fourth-order valence-corrected chi connectivity index (χ4v) is 13.1. The lowest BCUT2D eigenvalue weighted by Crippen LogP contribution is -2.30. The molecule has 0 aliphatic rings. The van der Waals surface area contributed by atoms with Crippen molar-refractivity contribution in [3.63, 3.8) is 0 Å². The van der Waals surface area contributed by atoms with Crippen LogP contribution in [0.1, 0.15) is 387 Å². The van der Waals surface area contributed by atoms with E-state index in [9.17, 15) is 43.2 Å². The molecule has 0 saturated carbocycles. The Morgan fingerprint density at radius 1 is 0.280 bits per heavy atom. The lowest BCUT2D eigenvalue weighted by molar-refractivity contribution is -0.161. The zero-order chi connectivity index (χ0) is 73.2. The summed E-state index contributed by atoms with van der Waals surface area (Å²) in [6, 6.07) is 0. The third-order valence-electron chi connectivity index (χ3n) is 17.8. The minimum absolute atomic E-state index is 0.0868. The van der Waals surface area contributed by atoms with Crippen LogP contribution < -0.4 is 0 Å². The van der Waals surface area contributed by atoms with Crippen molar-refractivity contribution in [2.24, 2.45) is 0 Å². The highest BCUT2D eigenvalue weighted by Crippen LogP contribution is 2.45. The quantitative estimate of drug-likeness (QED) is 0.0169. The first-order valence-corrected chi connectivity index (χ1v) is 43.9. The summed E-state index contributed by atoms with van der Waals surface area (Å²) in [4.78, 5) is 73.0. The molecule has 0 saturated heterocycles. The molecule has 0 heterocycles. The molecule has 17 nitrogen and oxygen atoms in total. The molecule has 19 heteroatoms. The van der Waals surface area contributed by atoms with Crippen LogP contribution in [0.2, 0.25) is 0 Å². The number of aliphatic hydroxyl groups is 1. The van der Waals surface area contributed by atoms with Crippen LogP contribution in [-0.4, -0.2) is 96.7 Å².